The molecule has 0 atom stereocenters. The Hall–Kier alpha value is -2.71. The quantitative estimate of drug-likeness (QED) is 0.668. The van der Waals surface area contributed by atoms with E-state index >= 15 is 0 Å². The maximum atomic E-state index is 13.0. The molecule has 0 fully saturated rings. The minimum atomic E-state index is -2.82. The van der Waals surface area contributed by atoms with Crippen LogP contribution in [0.4, 0.5) is 14.6 Å². The molecule has 0 radical (unpaired) electrons. The number of nitrogens with one attached hydrogen (secondary N) is 2. The third-order valence-electron chi connectivity index (χ3n) is 3.72. The first-order valence-corrected chi connectivity index (χ1v) is 7.97. The summed E-state index contributed by atoms with van der Waals surface area (Å²) in [7, 11) is 1.53. The molecule has 2 heterocycles. The molecule has 0 unspecified atom stereocenters. The monoisotopic (exact) mass is 380 g/mol. The van der Waals surface area contributed by atoms with Crippen molar-refractivity contribution in [1.82, 2.24) is 14.8 Å². The number of hydrogen-bond acceptors (Lipinski definition) is 3. The summed E-state index contributed by atoms with van der Waals surface area (Å²) in [4.78, 5) is 12.4. The fourth-order valence-electron chi connectivity index (χ4n) is 2.57. The van der Waals surface area contributed by atoms with Gasteiger partial charge in [-0.25, -0.2) is 0 Å². The molecule has 26 heavy (non-hydrogen) atoms. The zero-order valence-electron chi connectivity index (χ0n) is 13.7. The molecule has 0 saturated heterocycles. The zero-order chi connectivity index (χ0) is 18.7. The number of H-pyrrole nitrogens is 1. The molecule has 1 amide bonds. The number of aromatic nitrogens is 3. The summed E-state index contributed by atoms with van der Waals surface area (Å²) in [6, 6.07) is 9.63. The second-order valence-corrected chi connectivity index (χ2v) is 5.83. The Bertz CT molecular complexity index is 906. The third kappa shape index (κ3) is 3.61. The van der Waals surface area contributed by atoms with E-state index in [0.29, 0.717) is 20.8 Å². The van der Waals surface area contributed by atoms with Crippen LogP contribution in [0, 0.1) is 0 Å². The molecule has 0 aliphatic heterocycles. The smallest absolute Gasteiger partial charge is 0.319 e. The normalized spacial score (nSPS) is 11.1. The van der Waals surface area contributed by atoms with Crippen LogP contribution in [-0.4, -0.2) is 27.8 Å². The van der Waals surface area contributed by atoms with Gasteiger partial charge in [0, 0.05) is 23.9 Å². The van der Waals surface area contributed by atoms with Crippen LogP contribution in [0.25, 0.3) is 11.1 Å². The van der Waals surface area contributed by atoms with Crippen LogP contribution in [-0.2, 0) is 11.3 Å². The lowest BCUT2D eigenvalue weighted by atomic mass is 10.1. The molecule has 3 aromatic rings. The zero-order valence-corrected chi connectivity index (χ0v) is 14.4. The molecule has 0 saturated carbocycles. The molecule has 0 aliphatic rings. The highest BCUT2D eigenvalue weighted by Gasteiger charge is 2.21. The second kappa shape index (κ2) is 7.67. The summed E-state index contributed by atoms with van der Waals surface area (Å²) in [6.07, 6.45) is 1.14. The van der Waals surface area contributed by atoms with Crippen molar-refractivity contribution in [1.29, 1.82) is 0 Å². The second-order valence-electron chi connectivity index (χ2n) is 5.40. The van der Waals surface area contributed by atoms with Gasteiger partial charge < -0.3 is 10.1 Å². The van der Waals surface area contributed by atoms with Crippen LogP contribution in [0.1, 0.15) is 22.7 Å². The van der Waals surface area contributed by atoms with Crippen molar-refractivity contribution >= 4 is 23.3 Å². The Morgan fingerprint density at radius 1 is 1.35 bits per heavy atom. The first kappa shape index (κ1) is 18.1. The van der Waals surface area contributed by atoms with Gasteiger partial charge in [0.1, 0.15) is 5.69 Å². The molecule has 9 heteroatoms. The fraction of sp³-hybridized carbons (Fsp3) is 0.176. The van der Waals surface area contributed by atoms with Crippen LogP contribution in [0.2, 0.25) is 5.02 Å². The Kier molecular flexibility index (Phi) is 5.34. The number of alkyl halides is 2. The van der Waals surface area contributed by atoms with Gasteiger partial charge in [0.05, 0.1) is 12.3 Å². The Labute approximate surface area is 152 Å². The molecule has 0 bridgehead atoms. The SMILES string of the molecule is COCc1[nH]nc(NC(=O)c2cccn2C(F)F)c1-c1ccc(Cl)cc1. The van der Waals surface area contributed by atoms with Gasteiger partial charge >= 0.3 is 6.55 Å². The number of carbonyl (C=O) groups excluding carboxylic acids is 1. The molecule has 6 nitrogen and oxygen atoms in total. The topological polar surface area (TPSA) is 71.9 Å². The number of benzene rings is 1. The van der Waals surface area contributed by atoms with Gasteiger partial charge in [-0.1, -0.05) is 23.7 Å². The summed E-state index contributed by atoms with van der Waals surface area (Å²) in [5.41, 5.74) is 1.81. The minimum absolute atomic E-state index is 0.168. The van der Waals surface area contributed by atoms with Gasteiger partial charge in [-0.2, -0.15) is 13.9 Å². The number of rotatable bonds is 6. The van der Waals surface area contributed by atoms with Crippen molar-refractivity contribution in [3.05, 3.63) is 59.0 Å². The maximum Gasteiger partial charge on any atom is 0.319 e. The minimum Gasteiger partial charge on any atom is -0.378 e. The molecule has 2 N–H and O–H groups in total. The highest BCUT2D eigenvalue weighted by atomic mass is 35.5. The van der Waals surface area contributed by atoms with E-state index in [1.165, 1.54) is 19.2 Å². The van der Waals surface area contributed by atoms with Gasteiger partial charge in [0.15, 0.2) is 5.82 Å². The van der Waals surface area contributed by atoms with Gasteiger partial charge in [0.2, 0.25) is 0 Å². The summed E-state index contributed by atoms with van der Waals surface area (Å²) in [6.45, 7) is -2.58. The van der Waals surface area contributed by atoms with Crippen molar-refractivity contribution in [3.8, 4) is 11.1 Å². The summed E-state index contributed by atoms with van der Waals surface area (Å²) in [5, 5.41) is 10.0. The number of amides is 1. The maximum absolute atomic E-state index is 13.0. The lowest BCUT2D eigenvalue weighted by Gasteiger charge is -2.10. The molecule has 0 aliphatic carbocycles. The van der Waals surface area contributed by atoms with Crippen molar-refractivity contribution in [2.24, 2.45) is 0 Å². The largest absolute Gasteiger partial charge is 0.378 e. The molecule has 136 valence electrons. The Morgan fingerprint density at radius 3 is 2.73 bits per heavy atom. The predicted octanol–water partition coefficient (Wildman–Crippen LogP) is 4.33. The van der Waals surface area contributed by atoms with Gasteiger partial charge in [-0.05, 0) is 29.8 Å². The van der Waals surface area contributed by atoms with Gasteiger partial charge in [0.25, 0.3) is 5.91 Å². The summed E-state index contributed by atoms with van der Waals surface area (Å²) < 4.78 is 31.7. The number of halogens is 3. The standard InChI is InChI=1S/C17H15ClF2N4O2/c1-26-9-12-14(10-4-6-11(18)7-5-10)15(23-22-12)21-16(25)13-3-2-8-24(13)17(19)20/h2-8,17H,9H2,1H3,(H2,21,22,23,25). The van der Waals surface area contributed by atoms with Crippen LogP contribution in [0.15, 0.2) is 42.6 Å². The van der Waals surface area contributed by atoms with E-state index in [9.17, 15) is 13.6 Å². The lowest BCUT2D eigenvalue weighted by Crippen LogP contribution is -2.17. The average Bonchev–Trinajstić information content (AvgIpc) is 3.24. The molecular weight excluding hydrogens is 366 g/mol. The third-order valence-corrected chi connectivity index (χ3v) is 3.97. The molecule has 0 spiro atoms. The Balaban J connectivity index is 1.96. The highest BCUT2D eigenvalue weighted by Crippen LogP contribution is 2.31. The van der Waals surface area contributed by atoms with Crippen molar-refractivity contribution in [2.75, 3.05) is 12.4 Å². The highest BCUT2D eigenvalue weighted by molar-refractivity contribution is 6.30. The van der Waals surface area contributed by atoms with Gasteiger partial charge in [-0.3, -0.25) is 14.5 Å². The van der Waals surface area contributed by atoms with Crippen LogP contribution < -0.4 is 5.32 Å². The van der Waals surface area contributed by atoms with Crippen LogP contribution in [0.5, 0.6) is 0 Å². The lowest BCUT2D eigenvalue weighted by molar-refractivity contribution is 0.0651. The molecule has 3 rings (SSSR count). The van der Waals surface area contributed by atoms with E-state index < -0.39 is 12.5 Å². The number of aromatic amines is 1. The first-order chi connectivity index (χ1) is 12.5. The number of methoxy groups -OCH3 is 1. The predicted molar refractivity (Wildman–Crippen MR) is 93.4 cm³/mol. The van der Waals surface area contributed by atoms with E-state index in [1.807, 2.05) is 0 Å². The summed E-state index contributed by atoms with van der Waals surface area (Å²) in [5.74, 6) is -0.479. The first-order valence-electron chi connectivity index (χ1n) is 7.59. The van der Waals surface area contributed by atoms with Crippen LogP contribution >= 0.6 is 11.6 Å². The van der Waals surface area contributed by atoms with E-state index in [4.69, 9.17) is 16.3 Å². The van der Waals surface area contributed by atoms with Gasteiger partial charge in [-0.15, -0.1) is 0 Å². The van der Waals surface area contributed by atoms with Crippen molar-refractivity contribution in [2.45, 2.75) is 13.2 Å². The molecular formula is C17H15ClF2N4O2. The van der Waals surface area contributed by atoms with Crippen molar-refractivity contribution < 1.29 is 18.3 Å². The van der Waals surface area contributed by atoms with Crippen LogP contribution in [0.3, 0.4) is 0 Å². The molecule has 1 aromatic carbocycles. The molecule has 2 aromatic heterocycles. The van der Waals surface area contributed by atoms with E-state index in [0.717, 1.165) is 11.8 Å². The van der Waals surface area contributed by atoms with E-state index in [1.54, 1.807) is 24.3 Å². The van der Waals surface area contributed by atoms with Crippen molar-refractivity contribution in [3.63, 3.8) is 0 Å². The Morgan fingerprint density at radius 2 is 2.08 bits per heavy atom. The number of hydrogen-bond donors (Lipinski definition) is 2. The van der Waals surface area contributed by atoms with E-state index in [-0.39, 0.29) is 18.1 Å². The number of ether oxygens (including phenoxy) is 1. The number of anilines is 1. The fourth-order valence-corrected chi connectivity index (χ4v) is 2.70. The average molecular weight is 381 g/mol. The summed E-state index contributed by atoms with van der Waals surface area (Å²) >= 11 is 5.92. The number of carbonyl (C=O) groups is 1. The van der Waals surface area contributed by atoms with E-state index in [2.05, 4.69) is 15.5 Å². The number of nitrogens with zero attached hydrogens (tertiary/aromatic N) is 2.